The van der Waals surface area contributed by atoms with Crippen molar-refractivity contribution in [3.63, 3.8) is 0 Å². The molecule has 0 heterocycles. The third-order valence-electron chi connectivity index (χ3n) is 1.91. The number of nitrogens with one attached hydrogen (secondary N) is 1. The zero-order valence-electron chi connectivity index (χ0n) is 8.82. The molecule has 0 saturated heterocycles. The Morgan fingerprint density at radius 1 is 1.33 bits per heavy atom. The molecule has 0 saturated carbocycles. The Bertz CT molecular complexity index is 563. The van der Waals surface area contributed by atoms with Crippen LogP contribution in [-0.4, -0.2) is 15.8 Å². The van der Waals surface area contributed by atoms with Gasteiger partial charge in [0.05, 0.1) is 15.9 Å². The fourth-order valence-corrected chi connectivity index (χ4v) is 1.24. The van der Waals surface area contributed by atoms with Crippen LogP contribution in [0.3, 0.4) is 0 Å². The summed E-state index contributed by atoms with van der Waals surface area (Å²) < 4.78 is 0. The minimum Gasteiger partial charge on any atom is -0.319 e. The van der Waals surface area contributed by atoms with Gasteiger partial charge in [0.2, 0.25) is 5.91 Å². The predicted molar refractivity (Wildman–Crippen MR) is 58.6 cm³/mol. The van der Waals surface area contributed by atoms with E-state index in [1.165, 1.54) is 6.07 Å². The molecule has 1 aromatic carbocycles. The summed E-state index contributed by atoms with van der Waals surface area (Å²) in [5.74, 6) is -0.777. The van der Waals surface area contributed by atoms with Crippen molar-refractivity contribution in [3.8, 4) is 6.07 Å². The lowest BCUT2D eigenvalue weighted by atomic mass is 10.2. The number of para-hydroxylation sites is 1. The molecule has 1 rings (SSSR count). The molecule has 18 heavy (non-hydrogen) atoms. The smallest absolute Gasteiger partial charge is 0.319 e. The molecule has 0 radical (unpaired) electrons. The van der Waals surface area contributed by atoms with Crippen molar-refractivity contribution in [2.75, 3.05) is 5.32 Å². The van der Waals surface area contributed by atoms with Gasteiger partial charge in [-0.1, -0.05) is 6.07 Å². The van der Waals surface area contributed by atoms with E-state index in [0.29, 0.717) is 0 Å². The van der Waals surface area contributed by atoms with Crippen molar-refractivity contribution in [2.24, 2.45) is 0 Å². The van der Waals surface area contributed by atoms with Gasteiger partial charge in [0.15, 0.2) is 0 Å². The van der Waals surface area contributed by atoms with Crippen LogP contribution in [-0.2, 0) is 4.79 Å². The molecule has 0 aliphatic carbocycles. The Balaban J connectivity index is 3.24. The van der Waals surface area contributed by atoms with E-state index in [-0.39, 0.29) is 5.69 Å². The number of hydrogen-bond acceptors (Lipinski definition) is 6. The van der Waals surface area contributed by atoms with Crippen molar-refractivity contribution >= 4 is 23.0 Å². The standard InChI is InChI=1S/C9H6N4O5/c10-5-4-8(14)11-6-2-1-3-7(12(15)16)9(6)13(17)18/h1-3H,4H2,(H,11,14). The van der Waals surface area contributed by atoms with Crippen LogP contribution >= 0.6 is 0 Å². The molecule has 92 valence electrons. The van der Waals surface area contributed by atoms with E-state index in [4.69, 9.17) is 5.26 Å². The van der Waals surface area contributed by atoms with E-state index in [0.717, 1.165) is 12.1 Å². The normalized spacial score (nSPS) is 9.28. The monoisotopic (exact) mass is 250 g/mol. The number of amides is 1. The summed E-state index contributed by atoms with van der Waals surface area (Å²) in [6, 6.07) is 4.87. The summed E-state index contributed by atoms with van der Waals surface area (Å²) in [5, 5.41) is 31.8. The summed E-state index contributed by atoms with van der Waals surface area (Å²) in [5.41, 5.74) is -1.85. The van der Waals surface area contributed by atoms with Gasteiger partial charge in [-0.2, -0.15) is 5.26 Å². The fraction of sp³-hybridized carbons (Fsp3) is 0.111. The van der Waals surface area contributed by atoms with Gasteiger partial charge in [-0.15, -0.1) is 0 Å². The van der Waals surface area contributed by atoms with E-state index in [2.05, 4.69) is 5.32 Å². The number of nitrogens with zero attached hydrogens (tertiary/aromatic N) is 3. The molecule has 1 aromatic rings. The Labute approximate surface area is 99.9 Å². The molecule has 0 bridgehead atoms. The van der Waals surface area contributed by atoms with Gasteiger partial charge in [-0.3, -0.25) is 25.0 Å². The highest BCUT2D eigenvalue weighted by molar-refractivity contribution is 5.95. The van der Waals surface area contributed by atoms with Gasteiger partial charge >= 0.3 is 11.4 Å². The molecule has 0 aliphatic rings. The summed E-state index contributed by atoms with van der Waals surface area (Å²) in [4.78, 5) is 30.7. The van der Waals surface area contributed by atoms with Crippen LogP contribution in [0.25, 0.3) is 0 Å². The molecule has 9 heteroatoms. The van der Waals surface area contributed by atoms with Gasteiger partial charge in [-0.25, -0.2) is 0 Å². The zero-order chi connectivity index (χ0) is 13.7. The van der Waals surface area contributed by atoms with Gasteiger partial charge in [0.1, 0.15) is 12.1 Å². The van der Waals surface area contributed by atoms with Crippen LogP contribution in [0.2, 0.25) is 0 Å². The van der Waals surface area contributed by atoms with E-state index < -0.39 is 33.5 Å². The second kappa shape index (κ2) is 5.35. The minimum atomic E-state index is -0.958. The first-order valence-corrected chi connectivity index (χ1v) is 4.56. The first kappa shape index (κ1) is 13.0. The summed E-state index contributed by atoms with van der Waals surface area (Å²) >= 11 is 0. The van der Waals surface area contributed by atoms with Crippen molar-refractivity contribution < 1.29 is 14.6 Å². The van der Waals surface area contributed by atoms with Gasteiger partial charge < -0.3 is 5.32 Å². The van der Waals surface area contributed by atoms with Crippen LogP contribution in [0.1, 0.15) is 6.42 Å². The molecular weight excluding hydrogens is 244 g/mol. The lowest BCUT2D eigenvalue weighted by Gasteiger charge is -2.03. The van der Waals surface area contributed by atoms with Crippen molar-refractivity contribution in [1.82, 2.24) is 0 Å². The third kappa shape index (κ3) is 2.76. The number of nitro benzene ring substituents is 2. The average Bonchev–Trinajstić information content (AvgIpc) is 2.28. The molecule has 0 fully saturated rings. The first-order valence-electron chi connectivity index (χ1n) is 4.56. The second-order valence-electron chi connectivity index (χ2n) is 3.07. The predicted octanol–water partition coefficient (Wildman–Crippen LogP) is 1.36. The SMILES string of the molecule is N#CCC(=O)Nc1cccc([N+](=O)[O-])c1[N+](=O)[O-]. The number of hydrogen-bond donors (Lipinski definition) is 1. The van der Waals surface area contributed by atoms with Crippen LogP contribution in [0, 0.1) is 31.6 Å². The number of carbonyl (C=O) groups excluding carboxylic acids is 1. The molecule has 0 aromatic heterocycles. The maximum Gasteiger partial charge on any atom is 0.369 e. The van der Waals surface area contributed by atoms with Crippen LogP contribution in [0.15, 0.2) is 18.2 Å². The Morgan fingerprint density at radius 2 is 2.00 bits per heavy atom. The number of nitriles is 1. The van der Waals surface area contributed by atoms with E-state index in [1.54, 1.807) is 6.07 Å². The van der Waals surface area contributed by atoms with Crippen LogP contribution in [0.4, 0.5) is 17.1 Å². The minimum absolute atomic E-state index is 0.311. The molecule has 0 aliphatic heterocycles. The van der Waals surface area contributed by atoms with Crippen LogP contribution < -0.4 is 5.32 Å². The maximum atomic E-state index is 11.1. The van der Waals surface area contributed by atoms with Crippen molar-refractivity contribution in [2.45, 2.75) is 6.42 Å². The van der Waals surface area contributed by atoms with Crippen molar-refractivity contribution in [3.05, 3.63) is 38.4 Å². The molecule has 0 unspecified atom stereocenters. The van der Waals surface area contributed by atoms with Gasteiger partial charge in [0, 0.05) is 6.07 Å². The topological polar surface area (TPSA) is 139 Å². The Hall–Kier alpha value is -3.02. The van der Waals surface area contributed by atoms with E-state index in [9.17, 15) is 25.0 Å². The highest BCUT2D eigenvalue weighted by Crippen LogP contribution is 2.34. The lowest BCUT2D eigenvalue weighted by Crippen LogP contribution is -2.12. The number of anilines is 1. The maximum absolute atomic E-state index is 11.1. The largest absolute Gasteiger partial charge is 0.369 e. The summed E-state index contributed by atoms with van der Waals surface area (Å²) in [6.07, 6.45) is -0.500. The molecule has 0 spiro atoms. The number of rotatable bonds is 4. The van der Waals surface area contributed by atoms with Gasteiger partial charge in [0.25, 0.3) is 0 Å². The highest BCUT2D eigenvalue weighted by atomic mass is 16.6. The average molecular weight is 250 g/mol. The quantitative estimate of drug-likeness (QED) is 0.631. The third-order valence-corrected chi connectivity index (χ3v) is 1.91. The molecule has 1 N–H and O–H groups in total. The molecule has 1 amide bonds. The zero-order valence-corrected chi connectivity index (χ0v) is 8.82. The van der Waals surface area contributed by atoms with Crippen LogP contribution in [0.5, 0.6) is 0 Å². The Morgan fingerprint density at radius 3 is 2.50 bits per heavy atom. The molecule has 0 atom stereocenters. The van der Waals surface area contributed by atoms with Crippen molar-refractivity contribution in [1.29, 1.82) is 5.26 Å². The molecule has 9 nitrogen and oxygen atoms in total. The number of carbonyl (C=O) groups is 1. The second-order valence-corrected chi connectivity index (χ2v) is 3.07. The number of nitro groups is 2. The highest BCUT2D eigenvalue weighted by Gasteiger charge is 2.28. The molecular formula is C9H6N4O5. The Kier molecular flexibility index (Phi) is 3.88. The van der Waals surface area contributed by atoms with E-state index >= 15 is 0 Å². The van der Waals surface area contributed by atoms with Gasteiger partial charge in [-0.05, 0) is 6.07 Å². The lowest BCUT2D eigenvalue weighted by molar-refractivity contribution is -0.421. The number of benzene rings is 1. The summed E-state index contributed by atoms with van der Waals surface area (Å²) in [7, 11) is 0. The summed E-state index contributed by atoms with van der Waals surface area (Å²) in [6.45, 7) is 0. The first-order chi connectivity index (χ1) is 8.47. The van der Waals surface area contributed by atoms with E-state index in [1.807, 2.05) is 0 Å². The fourth-order valence-electron chi connectivity index (χ4n) is 1.24.